The maximum Gasteiger partial charge on any atom is 0.119 e. The molecule has 0 heterocycles. The minimum absolute atomic E-state index is 0.581. The van der Waals surface area contributed by atoms with E-state index in [0.717, 1.165) is 31.7 Å². The van der Waals surface area contributed by atoms with Crippen LogP contribution in [0.4, 0.5) is 0 Å². The average Bonchev–Trinajstić information content (AvgIpc) is 2.34. The molecule has 17 heavy (non-hydrogen) atoms. The number of rotatable bonds is 8. The van der Waals surface area contributed by atoms with Gasteiger partial charge in [0.15, 0.2) is 0 Å². The van der Waals surface area contributed by atoms with Gasteiger partial charge in [0, 0.05) is 6.04 Å². The largest absolute Gasteiger partial charge is 0.494 e. The first-order valence-electron chi connectivity index (χ1n) is 6.67. The first-order chi connectivity index (χ1) is 8.22. The van der Waals surface area contributed by atoms with Crippen LogP contribution < -0.4 is 10.1 Å². The average molecular weight is 235 g/mol. The van der Waals surface area contributed by atoms with Crippen LogP contribution in [0.15, 0.2) is 24.3 Å². The normalized spacial score (nSPS) is 10.8. The molecule has 1 N–H and O–H groups in total. The van der Waals surface area contributed by atoms with Gasteiger partial charge < -0.3 is 10.1 Å². The van der Waals surface area contributed by atoms with Gasteiger partial charge in [0.2, 0.25) is 0 Å². The third-order valence-corrected chi connectivity index (χ3v) is 2.72. The highest BCUT2D eigenvalue weighted by molar-refractivity contribution is 5.27. The van der Waals surface area contributed by atoms with Crippen molar-refractivity contribution in [1.82, 2.24) is 5.32 Å². The summed E-state index contributed by atoms with van der Waals surface area (Å²) in [4.78, 5) is 0. The van der Waals surface area contributed by atoms with Crippen molar-refractivity contribution in [1.29, 1.82) is 0 Å². The van der Waals surface area contributed by atoms with Crippen molar-refractivity contribution in [2.75, 3.05) is 13.2 Å². The molecule has 1 aromatic carbocycles. The van der Waals surface area contributed by atoms with Gasteiger partial charge in [-0.2, -0.15) is 0 Å². The molecule has 0 radical (unpaired) electrons. The molecule has 2 heteroatoms. The predicted molar refractivity (Wildman–Crippen MR) is 73.7 cm³/mol. The monoisotopic (exact) mass is 235 g/mol. The lowest BCUT2D eigenvalue weighted by Crippen LogP contribution is -2.23. The third-order valence-electron chi connectivity index (χ3n) is 2.72. The lowest BCUT2D eigenvalue weighted by molar-refractivity contribution is 0.305. The van der Waals surface area contributed by atoms with Crippen molar-refractivity contribution in [2.24, 2.45) is 0 Å². The SMILES string of the molecule is CCc1ccc(OCCCCNC(C)C)cc1. The van der Waals surface area contributed by atoms with E-state index in [0.29, 0.717) is 6.04 Å². The van der Waals surface area contributed by atoms with E-state index in [-0.39, 0.29) is 0 Å². The Bertz CT molecular complexity index is 292. The highest BCUT2D eigenvalue weighted by Gasteiger charge is 1.95. The molecular formula is C15H25NO. The second kappa shape index (κ2) is 8.13. The van der Waals surface area contributed by atoms with E-state index in [2.05, 4.69) is 50.4 Å². The van der Waals surface area contributed by atoms with Crippen LogP contribution in [0.2, 0.25) is 0 Å². The second-order valence-corrected chi connectivity index (χ2v) is 4.66. The maximum absolute atomic E-state index is 5.68. The number of benzene rings is 1. The van der Waals surface area contributed by atoms with E-state index in [4.69, 9.17) is 4.74 Å². The number of aryl methyl sites for hydroxylation is 1. The summed E-state index contributed by atoms with van der Waals surface area (Å²) < 4.78 is 5.68. The summed E-state index contributed by atoms with van der Waals surface area (Å²) >= 11 is 0. The molecule has 0 aliphatic carbocycles. The molecule has 0 fully saturated rings. The topological polar surface area (TPSA) is 21.3 Å². The summed E-state index contributed by atoms with van der Waals surface area (Å²) in [6, 6.07) is 8.97. The molecule has 1 aromatic rings. The Balaban J connectivity index is 2.09. The van der Waals surface area contributed by atoms with Gasteiger partial charge in [-0.1, -0.05) is 32.9 Å². The van der Waals surface area contributed by atoms with Gasteiger partial charge >= 0.3 is 0 Å². The fraction of sp³-hybridized carbons (Fsp3) is 0.600. The Morgan fingerprint density at radius 3 is 2.41 bits per heavy atom. The Kier molecular flexibility index (Phi) is 6.71. The van der Waals surface area contributed by atoms with Crippen molar-refractivity contribution in [3.8, 4) is 5.75 Å². The molecule has 0 aliphatic rings. The van der Waals surface area contributed by atoms with E-state index >= 15 is 0 Å². The minimum atomic E-state index is 0.581. The van der Waals surface area contributed by atoms with E-state index in [9.17, 15) is 0 Å². The first-order valence-corrected chi connectivity index (χ1v) is 6.67. The van der Waals surface area contributed by atoms with Crippen molar-refractivity contribution < 1.29 is 4.74 Å². The van der Waals surface area contributed by atoms with E-state index in [1.165, 1.54) is 12.0 Å². The van der Waals surface area contributed by atoms with Gasteiger partial charge in [0.1, 0.15) is 5.75 Å². The van der Waals surface area contributed by atoms with Crippen LogP contribution in [-0.4, -0.2) is 19.2 Å². The smallest absolute Gasteiger partial charge is 0.119 e. The quantitative estimate of drug-likeness (QED) is 0.697. The number of nitrogens with one attached hydrogen (secondary N) is 1. The van der Waals surface area contributed by atoms with Crippen LogP contribution in [0.3, 0.4) is 0 Å². The number of hydrogen-bond donors (Lipinski definition) is 1. The second-order valence-electron chi connectivity index (χ2n) is 4.66. The molecular weight excluding hydrogens is 210 g/mol. The zero-order valence-corrected chi connectivity index (χ0v) is 11.3. The Labute approximate surface area is 105 Å². The summed E-state index contributed by atoms with van der Waals surface area (Å²) in [6.07, 6.45) is 3.36. The fourth-order valence-corrected chi connectivity index (χ4v) is 1.63. The summed E-state index contributed by atoms with van der Waals surface area (Å²) in [5.41, 5.74) is 1.36. The minimum Gasteiger partial charge on any atom is -0.494 e. The molecule has 0 atom stereocenters. The van der Waals surface area contributed by atoms with Crippen molar-refractivity contribution >= 4 is 0 Å². The molecule has 0 bridgehead atoms. The van der Waals surface area contributed by atoms with E-state index in [1.54, 1.807) is 0 Å². The molecule has 0 amide bonds. The van der Waals surface area contributed by atoms with Crippen LogP contribution in [-0.2, 0) is 6.42 Å². The summed E-state index contributed by atoms with van der Waals surface area (Å²) in [6.45, 7) is 8.40. The summed E-state index contributed by atoms with van der Waals surface area (Å²) in [5, 5.41) is 3.40. The Morgan fingerprint density at radius 1 is 1.12 bits per heavy atom. The molecule has 0 saturated carbocycles. The van der Waals surface area contributed by atoms with Gasteiger partial charge in [0.05, 0.1) is 6.61 Å². The van der Waals surface area contributed by atoms with Crippen LogP contribution in [0.25, 0.3) is 0 Å². The molecule has 0 unspecified atom stereocenters. The number of unbranched alkanes of at least 4 members (excludes halogenated alkanes) is 1. The zero-order valence-electron chi connectivity index (χ0n) is 11.3. The van der Waals surface area contributed by atoms with E-state index in [1.807, 2.05) is 0 Å². The Hall–Kier alpha value is -1.02. The van der Waals surface area contributed by atoms with Crippen LogP contribution >= 0.6 is 0 Å². The highest BCUT2D eigenvalue weighted by atomic mass is 16.5. The molecule has 0 spiro atoms. The van der Waals surface area contributed by atoms with E-state index < -0.39 is 0 Å². The van der Waals surface area contributed by atoms with Crippen molar-refractivity contribution in [3.63, 3.8) is 0 Å². The number of hydrogen-bond acceptors (Lipinski definition) is 2. The van der Waals surface area contributed by atoms with Gasteiger partial charge in [-0.3, -0.25) is 0 Å². The van der Waals surface area contributed by atoms with Crippen LogP contribution in [0.1, 0.15) is 39.2 Å². The molecule has 2 nitrogen and oxygen atoms in total. The van der Waals surface area contributed by atoms with Gasteiger partial charge in [0.25, 0.3) is 0 Å². The van der Waals surface area contributed by atoms with Gasteiger partial charge in [-0.05, 0) is 43.5 Å². The highest BCUT2D eigenvalue weighted by Crippen LogP contribution is 2.12. The lowest BCUT2D eigenvalue weighted by atomic mass is 10.2. The zero-order chi connectivity index (χ0) is 12.5. The molecule has 0 aliphatic heterocycles. The summed E-state index contributed by atoms with van der Waals surface area (Å²) in [5.74, 6) is 0.985. The molecule has 0 saturated heterocycles. The molecule has 1 rings (SSSR count). The predicted octanol–water partition coefficient (Wildman–Crippen LogP) is 3.41. The van der Waals surface area contributed by atoms with Crippen molar-refractivity contribution in [2.45, 2.75) is 46.1 Å². The first kappa shape index (κ1) is 14.0. The van der Waals surface area contributed by atoms with Crippen LogP contribution in [0, 0.1) is 0 Å². The molecule has 0 aromatic heterocycles. The lowest BCUT2D eigenvalue weighted by Gasteiger charge is -2.09. The van der Waals surface area contributed by atoms with Gasteiger partial charge in [-0.25, -0.2) is 0 Å². The van der Waals surface area contributed by atoms with Crippen molar-refractivity contribution in [3.05, 3.63) is 29.8 Å². The number of ether oxygens (including phenoxy) is 1. The standard InChI is InChI=1S/C15H25NO/c1-4-14-7-9-15(10-8-14)17-12-6-5-11-16-13(2)3/h7-10,13,16H,4-6,11-12H2,1-3H3. The maximum atomic E-state index is 5.68. The van der Waals surface area contributed by atoms with Gasteiger partial charge in [-0.15, -0.1) is 0 Å². The summed E-state index contributed by atoms with van der Waals surface area (Å²) in [7, 11) is 0. The van der Waals surface area contributed by atoms with Crippen LogP contribution in [0.5, 0.6) is 5.75 Å². The third kappa shape index (κ3) is 6.32. The molecule has 96 valence electrons. The fourth-order valence-electron chi connectivity index (χ4n) is 1.63. The Morgan fingerprint density at radius 2 is 1.82 bits per heavy atom.